The van der Waals surface area contributed by atoms with E-state index >= 15 is 0 Å². The summed E-state index contributed by atoms with van der Waals surface area (Å²) in [5, 5.41) is 20.1. The number of pyridine rings is 1. The number of halogens is 3. The summed E-state index contributed by atoms with van der Waals surface area (Å²) in [6.07, 6.45) is -5.07. The fourth-order valence-corrected chi connectivity index (χ4v) is 4.08. The van der Waals surface area contributed by atoms with Crippen LogP contribution in [0.4, 0.5) is 13.2 Å². The minimum Gasteiger partial charge on any atom is -0.284 e. The standard InChI is InChI=1S/C20H10F3N3OS2/c21-20(22,23)18(27)15-8-14(10-25)19(26-17(15)16-2-1-7-28-16)29-11-13-5-3-12(9-24)4-6-13/h1-8H,11H2. The second kappa shape index (κ2) is 8.48. The van der Waals surface area contributed by atoms with Crippen molar-refractivity contribution in [2.75, 3.05) is 0 Å². The lowest BCUT2D eigenvalue weighted by molar-refractivity contribution is -0.0885. The number of ketones is 1. The number of Topliss-reactive ketones (excluding diaryl/α,β-unsaturated/α-hetero) is 1. The molecule has 9 heteroatoms. The second-order valence-electron chi connectivity index (χ2n) is 5.75. The largest absolute Gasteiger partial charge is 0.454 e. The highest BCUT2D eigenvalue weighted by Gasteiger charge is 2.41. The van der Waals surface area contributed by atoms with Gasteiger partial charge in [0, 0.05) is 5.75 Å². The molecular formula is C20H10F3N3OS2. The van der Waals surface area contributed by atoms with Gasteiger partial charge in [0.25, 0.3) is 5.78 Å². The van der Waals surface area contributed by atoms with Gasteiger partial charge in [-0.15, -0.1) is 23.1 Å². The number of alkyl halides is 3. The summed E-state index contributed by atoms with van der Waals surface area (Å²) in [6.45, 7) is 0. The van der Waals surface area contributed by atoms with E-state index in [1.807, 2.05) is 12.1 Å². The van der Waals surface area contributed by atoms with Crippen LogP contribution < -0.4 is 0 Å². The van der Waals surface area contributed by atoms with Crippen molar-refractivity contribution in [3.8, 4) is 22.7 Å². The van der Waals surface area contributed by atoms with Crippen LogP contribution in [-0.2, 0) is 5.75 Å². The number of benzene rings is 1. The summed E-state index contributed by atoms with van der Waals surface area (Å²) in [7, 11) is 0. The third kappa shape index (κ3) is 4.65. The van der Waals surface area contributed by atoms with Crippen LogP contribution in [0.15, 0.2) is 52.9 Å². The number of carbonyl (C=O) groups is 1. The monoisotopic (exact) mass is 429 g/mol. The van der Waals surface area contributed by atoms with Gasteiger partial charge in [-0.1, -0.05) is 18.2 Å². The zero-order valence-corrected chi connectivity index (χ0v) is 16.2. The molecule has 0 saturated carbocycles. The lowest BCUT2D eigenvalue weighted by atomic mass is 10.1. The van der Waals surface area contributed by atoms with Crippen molar-refractivity contribution < 1.29 is 18.0 Å². The van der Waals surface area contributed by atoms with Gasteiger partial charge >= 0.3 is 6.18 Å². The first-order valence-corrected chi connectivity index (χ1v) is 9.92. The number of hydrogen-bond acceptors (Lipinski definition) is 6. The predicted octanol–water partition coefficient (Wildman–Crippen LogP) is 5.59. The van der Waals surface area contributed by atoms with Crippen LogP contribution in [0.2, 0.25) is 0 Å². The second-order valence-corrected chi connectivity index (χ2v) is 7.66. The number of nitriles is 2. The molecule has 29 heavy (non-hydrogen) atoms. The summed E-state index contributed by atoms with van der Waals surface area (Å²) in [4.78, 5) is 16.6. The molecule has 1 aromatic carbocycles. The van der Waals surface area contributed by atoms with Crippen molar-refractivity contribution in [3.05, 3.63) is 70.1 Å². The molecule has 3 aromatic rings. The Labute approximate surface area is 172 Å². The molecule has 0 saturated heterocycles. The van der Waals surface area contributed by atoms with E-state index < -0.39 is 17.5 Å². The molecule has 0 fully saturated rings. The molecule has 0 bridgehead atoms. The third-order valence-corrected chi connectivity index (χ3v) is 5.76. The van der Waals surface area contributed by atoms with E-state index in [0.717, 1.165) is 23.0 Å². The zero-order valence-electron chi connectivity index (χ0n) is 14.5. The maximum atomic E-state index is 13.0. The third-order valence-electron chi connectivity index (χ3n) is 3.82. The average molecular weight is 429 g/mol. The van der Waals surface area contributed by atoms with Gasteiger partial charge in [0.05, 0.1) is 33.3 Å². The highest BCUT2D eigenvalue weighted by Crippen LogP contribution is 2.35. The van der Waals surface area contributed by atoms with Crippen LogP contribution in [0.3, 0.4) is 0 Å². The Hall–Kier alpha value is -3.14. The van der Waals surface area contributed by atoms with E-state index in [9.17, 15) is 23.2 Å². The number of carbonyl (C=O) groups excluding carboxylic acids is 1. The van der Waals surface area contributed by atoms with E-state index in [4.69, 9.17) is 5.26 Å². The SMILES string of the molecule is N#Cc1ccc(CSc2nc(-c3cccs3)c(C(=O)C(F)(F)F)cc2C#N)cc1. The Kier molecular flexibility index (Phi) is 6.02. The first kappa shape index (κ1) is 20.6. The fourth-order valence-electron chi connectivity index (χ4n) is 2.44. The molecular weight excluding hydrogens is 419 g/mol. The summed E-state index contributed by atoms with van der Waals surface area (Å²) >= 11 is 2.33. The summed E-state index contributed by atoms with van der Waals surface area (Å²) in [5.74, 6) is -1.64. The lowest BCUT2D eigenvalue weighted by Gasteiger charge is -2.12. The number of thiophene rings is 1. The molecule has 0 atom stereocenters. The first-order valence-electron chi connectivity index (χ1n) is 8.06. The van der Waals surface area contributed by atoms with Crippen molar-refractivity contribution >= 4 is 28.9 Å². The maximum absolute atomic E-state index is 13.0. The molecule has 0 aliphatic rings. The first-order chi connectivity index (χ1) is 13.8. The molecule has 0 spiro atoms. The van der Waals surface area contributed by atoms with Crippen LogP contribution in [0.25, 0.3) is 10.6 Å². The Morgan fingerprint density at radius 1 is 1.14 bits per heavy atom. The molecule has 2 aromatic heterocycles. The van der Waals surface area contributed by atoms with Crippen molar-refractivity contribution in [2.45, 2.75) is 17.0 Å². The van der Waals surface area contributed by atoms with Crippen molar-refractivity contribution in [1.29, 1.82) is 10.5 Å². The summed E-state index contributed by atoms with van der Waals surface area (Å²) < 4.78 is 39.1. The van der Waals surface area contributed by atoms with Crippen molar-refractivity contribution in [2.24, 2.45) is 0 Å². The van der Waals surface area contributed by atoms with E-state index in [1.54, 1.807) is 41.8 Å². The van der Waals surface area contributed by atoms with E-state index in [2.05, 4.69) is 4.98 Å². The Bertz CT molecular complexity index is 1130. The molecule has 2 heterocycles. The Morgan fingerprint density at radius 3 is 2.41 bits per heavy atom. The molecule has 4 nitrogen and oxygen atoms in total. The quantitative estimate of drug-likeness (QED) is 0.390. The number of thioether (sulfide) groups is 1. The highest BCUT2D eigenvalue weighted by atomic mass is 32.2. The zero-order chi connectivity index (χ0) is 21.0. The number of rotatable bonds is 5. The van der Waals surface area contributed by atoms with E-state index in [0.29, 0.717) is 16.2 Å². The van der Waals surface area contributed by atoms with Gasteiger partial charge in [0.1, 0.15) is 11.1 Å². The maximum Gasteiger partial charge on any atom is 0.454 e. The van der Waals surface area contributed by atoms with Crippen LogP contribution in [0.1, 0.15) is 27.0 Å². The number of nitrogens with zero attached hydrogens (tertiary/aromatic N) is 3. The average Bonchev–Trinajstić information content (AvgIpc) is 3.25. The van der Waals surface area contributed by atoms with Crippen molar-refractivity contribution in [1.82, 2.24) is 4.98 Å². The summed E-state index contributed by atoms with van der Waals surface area (Å²) in [5.41, 5.74) is 0.525. The Balaban J connectivity index is 2.01. The molecule has 3 rings (SSSR count). The van der Waals surface area contributed by atoms with Crippen molar-refractivity contribution in [3.63, 3.8) is 0 Å². The molecule has 0 amide bonds. The van der Waals surface area contributed by atoms with Crippen LogP contribution >= 0.6 is 23.1 Å². The molecule has 0 aliphatic heterocycles. The predicted molar refractivity (Wildman–Crippen MR) is 103 cm³/mol. The molecule has 0 aliphatic carbocycles. The van der Waals surface area contributed by atoms with Crippen LogP contribution in [0.5, 0.6) is 0 Å². The minimum atomic E-state index is -5.07. The van der Waals surface area contributed by atoms with Gasteiger partial charge in [-0.2, -0.15) is 23.7 Å². The molecule has 144 valence electrons. The van der Waals surface area contributed by atoms with Gasteiger partial charge < -0.3 is 0 Å². The number of aromatic nitrogens is 1. The minimum absolute atomic E-state index is 0.0938. The van der Waals surface area contributed by atoms with E-state index in [-0.39, 0.29) is 16.3 Å². The Morgan fingerprint density at radius 2 is 1.86 bits per heavy atom. The molecule has 0 radical (unpaired) electrons. The van der Waals surface area contributed by atoms with Gasteiger partial charge in [-0.05, 0) is 35.2 Å². The van der Waals surface area contributed by atoms with Gasteiger partial charge in [0.2, 0.25) is 0 Å². The van der Waals surface area contributed by atoms with Crippen LogP contribution in [0, 0.1) is 22.7 Å². The highest BCUT2D eigenvalue weighted by molar-refractivity contribution is 7.98. The van der Waals surface area contributed by atoms with E-state index in [1.165, 1.54) is 11.8 Å². The normalized spacial score (nSPS) is 10.9. The topological polar surface area (TPSA) is 77.5 Å². The van der Waals surface area contributed by atoms with Gasteiger partial charge in [-0.3, -0.25) is 4.79 Å². The molecule has 0 unspecified atom stereocenters. The van der Waals surface area contributed by atoms with Crippen LogP contribution in [-0.4, -0.2) is 16.9 Å². The summed E-state index contributed by atoms with van der Waals surface area (Å²) in [6, 6.07) is 14.8. The van der Waals surface area contributed by atoms with Gasteiger partial charge in [0.15, 0.2) is 0 Å². The number of hydrogen-bond donors (Lipinski definition) is 0. The fraction of sp³-hybridized carbons (Fsp3) is 0.100. The smallest absolute Gasteiger partial charge is 0.284 e. The lowest BCUT2D eigenvalue weighted by Crippen LogP contribution is -2.24. The molecule has 0 N–H and O–H groups in total. The van der Waals surface area contributed by atoms with Gasteiger partial charge in [-0.25, -0.2) is 4.98 Å².